The maximum absolute atomic E-state index is 12.2. The first-order chi connectivity index (χ1) is 10.4. The minimum atomic E-state index is -3.56. The van der Waals surface area contributed by atoms with Crippen LogP contribution in [0.1, 0.15) is 28.0 Å². The summed E-state index contributed by atoms with van der Waals surface area (Å²) >= 11 is 1.20. The number of rotatable bonds is 7. The summed E-state index contributed by atoms with van der Waals surface area (Å²) in [5, 5.41) is 10.8. The van der Waals surface area contributed by atoms with Crippen LogP contribution >= 0.6 is 11.3 Å². The van der Waals surface area contributed by atoms with Gasteiger partial charge in [-0.05, 0) is 24.1 Å². The predicted molar refractivity (Wildman–Crippen MR) is 83.8 cm³/mol. The van der Waals surface area contributed by atoms with E-state index in [0.29, 0.717) is 11.4 Å². The summed E-state index contributed by atoms with van der Waals surface area (Å²) in [5.41, 5.74) is 0.937. The van der Waals surface area contributed by atoms with Gasteiger partial charge in [0.1, 0.15) is 0 Å². The third kappa shape index (κ3) is 4.12. The van der Waals surface area contributed by atoms with E-state index in [1.807, 2.05) is 13.0 Å². The van der Waals surface area contributed by atoms with Gasteiger partial charge < -0.3 is 5.11 Å². The maximum atomic E-state index is 12.2. The number of carboxylic acids is 1. The standard InChI is InChI=1S/C14H16N2O4S2/c1-2-10-4-3-5-11(8-10)22(19,20)15-7-6-13-16-12(9-21-13)14(17)18/h3-5,8-9,15H,2,6-7H2,1H3,(H,17,18). The Morgan fingerprint density at radius 2 is 2.18 bits per heavy atom. The molecule has 0 aliphatic rings. The predicted octanol–water partition coefficient (Wildman–Crippen LogP) is 1.92. The SMILES string of the molecule is CCc1cccc(S(=O)(=O)NCCc2nc(C(=O)O)cs2)c1. The van der Waals surface area contributed by atoms with E-state index in [0.717, 1.165) is 12.0 Å². The highest BCUT2D eigenvalue weighted by Crippen LogP contribution is 2.13. The molecule has 0 saturated carbocycles. The fourth-order valence-corrected chi connectivity index (χ4v) is 3.71. The number of benzene rings is 1. The molecule has 0 atom stereocenters. The number of carboxylic acid groups (broad SMARTS) is 1. The van der Waals surface area contributed by atoms with Gasteiger partial charge in [-0.1, -0.05) is 19.1 Å². The van der Waals surface area contributed by atoms with Gasteiger partial charge in [-0.15, -0.1) is 11.3 Å². The second-order valence-electron chi connectivity index (χ2n) is 4.58. The molecule has 0 saturated heterocycles. The first-order valence-electron chi connectivity index (χ1n) is 6.68. The molecule has 0 aliphatic heterocycles. The van der Waals surface area contributed by atoms with Crippen molar-refractivity contribution in [2.75, 3.05) is 6.54 Å². The number of aromatic carboxylic acids is 1. The number of sulfonamides is 1. The van der Waals surface area contributed by atoms with E-state index in [1.54, 1.807) is 18.2 Å². The van der Waals surface area contributed by atoms with Crippen LogP contribution in [-0.2, 0) is 22.9 Å². The van der Waals surface area contributed by atoms with E-state index < -0.39 is 16.0 Å². The summed E-state index contributed by atoms with van der Waals surface area (Å²) in [7, 11) is -3.56. The van der Waals surface area contributed by atoms with Gasteiger partial charge in [-0.3, -0.25) is 0 Å². The highest BCUT2D eigenvalue weighted by atomic mass is 32.2. The molecule has 8 heteroatoms. The van der Waals surface area contributed by atoms with Gasteiger partial charge in [-0.2, -0.15) is 0 Å². The Kier molecular flexibility index (Phi) is 5.28. The topological polar surface area (TPSA) is 96.4 Å². The van der Waals surface area contributed by atoms with E-state index in [-0.39, 0.29) is 17.1 Å². The van der Waals surface area contributed by atoms with Gasteiger partial charge >= 0.3 is 5.97 Å². The van der Waals surface area contributed by atoms with Crippen molar-refractivity contribution in [3.63, 3.8) is 0 Å². The smallest absolute Gasteiger partial charge is 0.355 e. The second-order valence-corrected chi connectivity index (χ2v) is 7.29. The molecule has 2 aromatic rings. The number of thiazole rings is 1. The van der Waals surface area contributed by atoms with Gasteiger partial charge in [0.25, 0.3) is 0 Å². The molecule has 6 nitrogen and oxygen atoms in total. The Morgan fingerprint density at radius 3 is 2.82 bits per heavy atom. The molecule has 0 amide bonds. The monoisotopic (exact) mass is 340 g/mol. The van der Waals surface area contributed by atoms with E-state index in [2.05, 4.69) is 9.71 Å². The van der Waals surface area contributed by atoms with Crippen LogP contribution in [0.25, 0.3) is 0 Å². The molecule has 0 spiro atoms. The number of nitrogens with one attached hydrogen (secondary N) is 1. The summed E-state index contributed by atoms with van der Waals surface area (Å²) in [6.07, 6.45) is 1.12. The third-order valence-electron chi connectivity index (χ3n) is 3.02. The third-order valence-corrected chi connectivity index (χ3v) is 5.39. The van der Waals surface area contributed by atoms with Crippen LogP contribution in [0.4, 0.5) is 0 Å². The Morgan fingerprint density at radius 1 is 1.41 bits per heavy atom. The van der Waals surface area contributed by atoms with Crippen LogP contribution in [0.2, 0.25) is 0 Å². The largest absolute Gasteiger partial charge is 0.476 e. The highest BCUT2D eigenvalue weighted by molar-refractivity contribution is 7.89. The van der Waals surface area contributed by atoms with Crippen LogP contribution in [0.5, 0.6) is 0 Å². The lowest BCUT2D eigenvalue weighted by Crippen LogP contribution is -2.26. The van der Waals surface area contributed by atoms with Gasteiger partial charge in [0.2, 0.25) is 10.0 Å². The second kappa shape index (κ2) is 6.99. The van der Waals surface area contributed by atoms with Crippen molar-refractivity contribution in [2.24, 2.45) is 0 Å². The lowest BCUT2D eigenvalue weighted by atomic mass is 10.2. The fourth-order valence-electron chi connectivity index (χ4n) is 1.83. The number of aromatic nitrogens is 1. The normalized spacial score (nSPS) is 11.5. The molecule has 118 valence electrons. The molecule has 0 bridgehead atoms. The fraction of sp³-hybridized carbons (Fsp3) is 0.286. The first kappa shape index (κ1) is 16.6. The Bertz CT molecular complexity index is 769. The highest BCUT2D eigenvalue weighted by Gasteiger charge is 2.14. The number of carbonyl (C=O) groups is 1. The Labute approximate surface area is 132 Å². The van der Waals surface area contributed by atoms with E-state index >= 15 is 0 Å². The van der Waals surface area contributed by atoms with Crippen molar-refractivity contribution in [1.29, 1.82) is 0 Å². The van der Waals surface area contributed by atoms with E-state index in [1.165, 1.54) is 16.7 Å². The summed E-state index contributed by atoms with van der Waals surface area (Å²) < 4.78 is 26.9. The van der Waals surface area contributed by atoms with Gasteiger partial charge in [0.05, 0.1) is 9.90 Å². The van der Waals surface area contributed by atoms with Gasteiger partial charge in [0, 0.05) is 18.3 Å². The van der Waals surface area contributed by atoms with Crippen molar-refractivity contribution in [1.82, 2.24) is 9.71 Å². The molecule has 22 heavy (non-hydrogen) atoms. The summed E-state index contributed by atoms with van der Waals surface area (Å²) in [4.78, 5) is 14.9. The zero-order valence-corrected chi connectivity index (χ0v) is 13.6. The van der Waals surface area contributed by atoms with E-state index in [9.17, 15) is 13.2 Å². The zero-order valence-electron chi connectivity index (χ0n) is 11.9. The molecule has 0 unspecified atom stereocenters. The quantitative estimate of drug-likeness (QED) is 0.803. The van der Waals surface area contributed by atoms with Crippen molar-refractivity contribution in [2.45, 2.75) is 24.7 Å². The average Bonchev–Trinajstić information content (AvgIpc) is 2.96. The molecule has 2 rings (SSSR count). The van der Waals surface area contributed by atoms with Gasteiger partial charge in [-0.25, -0.2) is 22.9 Å². The summed E-state index contributed by atoms with van der Waals surface area (Å²) in [6.45, 7) is 2.13. The Balaban J connectivity index is 1.98. The number of aryl methyl sites for hydroxylation is 1. The minimum absolute atomic E-state index is 0.0153. The Hall–Kier alpha value is -1.77. The van der Waals surface area contributed by atoms with Crippen LogP contribution in [0, 0.1) is 0 Å². The summed E-state index contributed by atoms with van der Waals surface area (Å²) in [5.74, 6) is -1.08. The van der Waals surface area contributed by atoms with E-state index in [4.69, 9.17) is 5.11 Å². The molecular weight excluding hydrogens is 324 g/mol. The van der Waals surface area contributed by atoms with Crippen molar-refractivity contribution in [3.05, 3.63) is 45.9 Å². The van der Waals surface area contributed by atoms with Crippen molar-refractivity contribution < 1.29 is 18.3 Å². The molecule has 1 heterocycles. The first-order valence-corrected chi connectivity index (χ1v) is 9.05. The van der Waals surface area contributed by atoms with Crippen LogP contribution in [0.3, 0.4) is 0 Å². The van der Waals surface area contributed by atoms with Crippen molar-refractivity contribution >= 4 is 27.3 Å². The molecule has 2 N–H and O–H groups in total. The van der Waals surface area contributed by atoms with Crippen LogP contribution in [0.15, 0.2) is 34.5 Å². The zero-order chi connectivity index (χ0) is 16.2. The molecule has 0 aliphatic carbocycles. The molecule has 0 radical (unpaired) electrons. The lowest BCUT2D eigenvalue weighted by molar-refractivity contribution is 0.0691. The lowest BCUT2D eigenvalue weighted by Gasteiger charge is -2.07. The number of hydrogen-bond acceptors (Lipinski definition) is 5. The molecule has 0 fully saturated rings. The average molecular weight is 340 g/mol. The number of hydrogen-bond donors (Lipinski definition) is 2. The molecular formula is C14H16N2O4S2. The van der Waals surface area contributed by atoms with Gasteiger partial charge in [0.15, 0.2) is 5.69 Å². The summed E-state index contributed by atoms with van der Waals surface area (Å²) in [6, 6.07) is 6.79. The maximum Gasteiger partial charge on any atom is 0.355 e. The van der Waals surface area contributed by atoms with Crippen LogP contribution < -0.4 is 4.72 Å². The number of nitrogens with zero attached hydrogens (tertiary/aromatic N) is 1. The molecule has 1 aromatic carbocycles. The van der Waals surface area contributed by atoms with Crippen molar-refractivity contribution in [3.8, 4) is 0 Å². The molecule has 1 aromatic heterocycles. The van der Waals surface area contributed by atoms with Crippen LogP contribution in [-0.4, -0.2) is 31.0 Å². The minimum Gasteiger partial charge on any atom is -0.476 e.